The number of amides is 2. The number of halogens is 2. The maximum Gasteiger partial charge on any atom is 0.262 e. The van der Waals surface area contributed by atoms with Gasteiger partial charge < -0.3 is 14.6 Å². The van der Waals surface area contributed by atoms with Gasteiger partial charge in [-0.2, -0.15) is 5.10 Å². The topological polar surface area (TPSA) is 84.7 Å². The minimum atomic E-state index is -0.751. The maximum atomic E-state index is 13.0. The van der Waals surface area contributed by atoms with Gasteiger partial charge in [-0.25, -0.2) is 5.43 Å². The molecule has 0 unspecified atom stereocenters. The van der Waals surface area contributed by atoms with Gasteiger partial charge in [-0.15, -0.1) is 0 Å². The Morgan fingerprint density at radius 3 is 2.55 bits per heavy atom. The number of nitrogens with one attached hydrogen (secondary N) is 2. The Bertz CT molecular complexity index is 1530. The van der Waals surface area contributed by atoms with Crippen molar-refractivity contribution < 1.29 is 14.3 Å². The summed E-state index contributed by atoms with van der Waals surface area (Å²) in [5, 5.41) is 9.15. The van der Waals surface area contributed by atoms with Crippen LogP contribution in [0.1, 0.15) is 37.0 Å². The predicted molar refractivity (Wildman–Crippen MR) is 161 cm³/mol. The molecule has 7 nitrogen and oxygen atoms in total. The van der Waals surface area contributed by atoms with E-state index in [4.69, 9.17) is 27.9 Å². The zero-order chi connectivity index (χ0) is 28.6. The molecule has 9 heteroatoms. The molecule has 0 spiro atoms. The van der Waals surface area contributed by atoms with Crippen molar-refractivity contribution in [3.63, 3.8) is 0 Å². The van der Waals surface area contributed by atoms with Gasteiger partial charge in [-0.3, -0.25) is 9.59 Å². The summed E-state index contributed by atoms with van der Waals surface area (Å²) < 4.78 is 7.70. The molecule has 1 atom stereocenters. The molecule has 0 aliphatic rings. The smallest absolute Gasteiger partial charge is 0.262 e. The van der Waals surface area contributed by atoms with Crippen molar-refractivity contribution in [3.8, 4) is 5.75 Å². The molecule has 0 aliphatic heterocycles. The zero-order valence-electron chi connectivity index (χ0n) is 22.7. The minimum Gasteiger partial charge on any atom is -0.484 e. The molecule has 2 N–H and O–H groups in total. The molecule has 0 aliphatic carbocycles. The molecule has 208 valence electrons. The van der Waals surface area contributed by atoms with Gasteiger partial charge in [0.1, 0.15) is 11.8 Å². The number of aromatic nitrogens is 1. The summed E-state index contributed by atoms with van der Waals surface area (Å²) in [5.74, 6) is 0.0300. The first-order valence-electron chi connectivity index (χ1n) is 13.0. The molecule has 40 heavy (non-hydrogen) atoms. The summed E-state index contributed by atoms with van der Waals surface area (Å²) in [6.07, 6.45) is 4.02. The molecule has 0 radical (unpaired) electrons. The van der Waals surface area contributed by atoms with Crippen molar-refractivity contribution in [2.75, 3.05) is 6.61 Å². The highest BCUT2D eigenvalue weighted by molar-refractivity contribution is 6.35. The lowest BCUT2D eigenvalue weighted by atomic mass is 10.0. The normalized spacial score (nSPS) is 12.2. The number of hydrogen-bond donors (Lipinski definition) is 2. The summed E-state index contributed by atoms with van der Waals surface area (Å²) in [6.45, 7) is 6.24. The third kappa shape index (κ3) is 7.64. The number of hydrazone groups is 1. The van der Waals surface area contributed by atoms with Gasteiger partial charge >= 0.3 is 0 Å². The molecule has 2 amide bonds. The van der Waals surface area contributed by atoms with Gasteiger partial charge in [0.15, 0.2) is 6.61 Å². The monoisotopic (exact) mass is 578 g/mol. The molecule has 4 rings (SSSR count). The number of carbonyl (C=O) groups is 2. The molecule has 4 aromatic rings. The summed E-state index contributed by atoms with van der Waals surface area (Å²) in [6, 6.07) is 20.1. The van der Waals surface area contributed by atoms with E-state index in [1.54, 1.807) is 18.3 Å². The van der Waals surface area contributed by atoms with E-state index in [-0.39, 0.29) is 18.4 Å². The van der Waals surface area contributed by atoms with Crippen molar-refractivity contribution in [1.29, 1.82) is 0 Å². The Hall–Kier alpha value is -3.81. The van der Waals surface area contributed by atoms with Crippen LogP contribution in [0.15, 0.2) is 78.0 Å². The number of ether oxygens (including phenoxy) is 1. The van der Waals surface area contributed by atoms with Crippen LogP contribution in [0.4, 0.5) is 0 Å². The van der Waals surface area contributed by atoms with E-state index in [1.165, 1.54) is 0 Å². The van der Waals surface area contributed by atoms with E-state index in [0.29, 0.717) is 28.8 Å². The highest BCUT2D eigenvalue weighted by Gasteiger charge is 2.22. The van der Waals surface area contributed by atoms with E-state index >= 15 is 0 Å². The van der Waals surface area contributed by atoms with Crippen LogP contribution in [0.25, 0.3) is 10.9 Å². The second kappa shape index (κ2) is 13.5. The van der Waals surface area contributed by atoms with Crippen molar-refractivity contribution in [3.05, 3.63) is 99.7 Å². The SMILES string of the molecule is Cc1ccccc1OCC(=O)N[C@@H](CC(C)C)C(=O)N/N=C\c1cn(Cc2ccc(Cl)cc2Cl)c2ccccc12. The lowest BCUT2D eigenvalue weighted by Gasteiger charge is -2.19. The molecular weight excluding hydrogens is 547 g/mol. The molecule has 1 heterocycles. The van der Waals surface area contributed by atoms with Crippen molar-refractivity contribution in [2.24, 2.45) is 11.0 Å². The second-order valence-electron chi connectivity index (χ2n) is 10.0. The number of aryl methyl sites for hydroxylation is 1. The third-order valence-electron chi connectivity index (χ3n) is 6.36. The van der Waals surface area contributed by atoms with Gasteiger partial charge in [0, 0.05) is 39.3 Å². The van der Waals surface area contributed by atoms with Crippen molar-refractivity contribution in [2.45, 2.75) is 39.8 Å². The highest BCUT2D eigenvalue weighted by Crippen LogP contribution is 2.25. The van der Waals surface area contributed by atoms with Crippen LogP contribution in [-0.2, 0) is 16.1 Å². The number of nitrogens with zero attached hydrogens (tertiary/aromatic N) is 2. The quantitative estimate of drug-likeness (QED) is 0.160. The van der Waals surface area contributed by atoms with Crippen LogP contribution in [0.5, 0.6) is 5.75 Å². The van der Waals surface area contributed by atoms with E-state index in [2.05, 4.69) is 20.4 Å². The Labute approximate surface area is 244 Å². The van der Waals surface area contributed by atoms with Crippen LogP contribution in [-0.4, -0.2) is 35.2 Å². The first-order valence-corrected chi connectivity index (χ1v) is 13.8. The standard InChI is InChI=1S/C31H32Cl2N4O3/c1-20(2)14-27(35-30(38)19-40-29-11-7-4-8-21(29)3)31(39)36-34-16-23-18-37(28-10-6-5-9-25(23)28)17-22-12-13-24(32)15-26(22)33/h4-13,15-16,18,20,27H,14,17,19H2,1-3H3,(H,35,38)(H,36,39)/b34-16-/t27-/m0/s1. The Morgan fingerprint density at radius 1 is 1.05 bits per heavy atom. The zero-order valence-corrected chi connectivity index (χ0v) is 24.2. The fraction of sp³-hybridized carbons (Fsp3) is 0.258. The number of carbonyl (C=O) groups excluding carboxylic acids is 2. The third-order valence-corrected chi connectivity index (χ3v) is 6.95. The summed E-state index contributed by atoms with van der Waals surface area (Å²) >= 11 is 12.5. The maximum absolute atomic E-state index is 13.0. The summed E-state index contributed by atoms with van der Waals surface area (Å²) in [7, 11) is 0. The van der Waals surface area contributed by atoms with Crippen molar-refractivity contribution >= 4 is 52.1 Å². The van der Waals surface area contributed by atoms with Crippen LogP contribution in [0, 0.1) is 12.8 Å². The lowest BCUT2D eigenvalue weighted by Crippen LogP contribution is -2.47. The van der Waals surface area contributed by atoms with Gasteiger partial charge in [-0.05, 0) is 54.7 Å². The number of para-hydroxylation sites is 2. The van der Waals surface area contributed by atoms with Gasteiger partial charge in [0.05, 0.1) is 6.21 Å². The fourth-order valence-corrected chi connectivity index (χ4v) is 4.85. The van der Waals surface area contributed by atoms with E-state index < -0.39 is 11.9 Å². The van der Waals surface area contributed by atoms with Gasteiger partial charge in [0.2, 0.25) is 0 Å². The number of rotatable bonds is 11. The van der Waals surface area contributed by atoms with Gasteiger partial charge in [0.25, 0.3) is 11.8 Å². The predicted octanol–water partition coefficient (Wildman–Crippen LogP) is 6.36. The van der Waals surface area contributed by atoms with E-state index in [1.807, 2.05) is 81.6 Å². The Kier molecular flexibility index (Phi) is 9.85. The number of benzene rings is 3. The molecular formula is C31H32Cl2N4O3. The molecule has 0 bridgehead atoms. The molecule has 3 aromatic carbocycles. The largest absolute Gasteiger partial charge is 0.484 e. The number of hydrogen-bond acceptors (Lipinski definition) is 4. The summed E-state index contributed by atoms with van der Waals surface area (Å²) in [5.41, 5.74) is 6.29. The van der Waals surface area contributed by atoms with E-state index in [0.717, 1.165) is 27.6 Å². The average molecular weight is 580 g/mol. The fourth-order valence-electron chi connectivity index (χ4n) is 4.39. The Morgan fingerprint density at radius 2 is 1.80 bits per heavy atom. The first-order chi connectivity index (χ1) is 19.2. The van der Waals surface area contributed by atoms with Gasteiger partial charge in [-0.1, -0.05) is 79.5 Å². The van der Waals surface area contributed by atoms with E-state index in [9.17, 15) is 9.59 Å². The van der Waals surface area contributed by atoms with Crippen LogP contribution in [0.3, 0.4) is 0 Å². The summed E-state index contributed by atoms with van der Waals surface area (Å²) in [4.78, 5) is 25.6. The second-order valence-corrected chi connectivity index (χ2v) is 10.8. The Balaban J connectivity index is 1.43. The first kappa shape index (κ1) is 29.2. The van der Waals surface area contributed by atoms with Crippen LogP contribution >= 0.6 is 23.2 Å². The average Bonchev–Trinajstić information content (AvgIpc) is 3.26. The van der Waals surface area contributed by atoms with Crippen LogP contribution in [0.2, 0.25) is 10.0 Å². The molecule has 0 saturated carbocycles. The minimum absolute atomic E-state index is 0.176. The molecule has 0 fully saturated rings. The van der Waals surface area contributed by atoms with Crippen molar-refractivity contribution in [1.82, 2.24) is 15.3 Å². The molecule has 1 aromatic heterocycles. The van der Waals surface area contributed by atoms with Crippen LogP contribution < -0.4 is 15.5 Å². The lowest BCUT2D eigenvalue weighted by molar-refractivity contribution is -0.130. The highest BCUT2D eigenvalue weighted by atomic mass is 35.5. The number of fused-ring (bicyclic) bond motifs is 1. The molecule has 0 saturated heterocycles.